The van der Waals surface area contributed by atoms with Crippen LogP contribution in [0.2, 0.25) is 0 Å². The third-order valence-corrected chi connectivity index (χ3v) is 9.49. The molecule has 0 bridgehead atoms. The van der Waals surface area contributed by atoms with Crippen molar-refractivity contribution in [1.29, 1.82) is 0 Å². The lowest BCUT2D eigenvalue weighted by Crippen LogP contribution is -2.38. The fourth-order valence-corrected chi connectivity index (χ4v) is 7.55. The number of rotatable bonds is 4. The Morgan fingerprint density at radius 2 is 1.17 bits per heavy atom. The summed E-state index contributed by atoms with van der Waals surface area (Å²) < 4.78 is 2.20. The van der Waals surface area contributed by atoms with E-state index in [1.54, 1.807) is 6.20 Å². The normalized spacial score (nSPS) is 13.4. The summed E-state index contributed by atoms with van der Waals surface area (Å²) in [5.41, 5.74) is 13.7. The second kappa shape index (κ2) is 10.5. The lowest BCUT2D eigenvalue weighted by molar-refractivity contribution is 0.728. The van der Waals surface area contributed by atoms with Gasteiger partial charge in [0.2, 0.25) is 0 Å². The topological polar surface area (TPSA) is 46.8 Å². The molecule has 0 unspecified atom stereocenters. The molecule has 0 amide bonds. The number of benzene rings is 4. The van der Waals surface area contributed by atoms with E-state index in [0.29, 0.717) is 0 Å². The van der Waals surface area contributed by atoms with Gasteiger partial charge in [0.15, 0.2) is 0 Å². The van der Waals surface area contributed by atoms with Gasteiger partial charge in [0.1, 0.15) is 16.9 Å². The van der Waals surface area contributed by atoms with Gasteiger partial charge in [-0.2, -0.15) is 0 Å². The van der Waals surface area contributed by atoms with Crippen LogP contribution in [0.3, 0.4) is 0 Å². The number of anilines is 3. The Labute approximate surface area is 273 Å². The molecule has 47 heavy (non-hydrogen) atoms. The van der Waals surface area contributed by atoms with Crippen LogP contribution in [-0.4, -0.2) is 19.5 Å². The van der Waals surface area contributed by atoms with Gasteiger partial charge < -0.3 is 4.57 Å². The van der Waals surface area contributed by atoms with E-state index in [9.17, 15) is 0 Å². The molecule has 0 aliphatic carbocycles. The van der Waals surface area contributed by atoms with Crippen LogP contribution in [0.4, 0.5) is 17.2 Å². The molecule has 5 nitrogen and oxygen atoms in total. The molecule has 4 aromatic carbocycles. The van der Waals surface area contributed by atoms with E-state index in [1.807, 2.05) is 24.5 Å². The number of aryl methyl sites for hydroxylation is 2. The van der Waals surface area contributed by atoms with E-state index in [4.69, 9.17) is 9.97 Å². The number of nitrogens with zero attached hydrogens (tertiary/aromatic N) is 5. The molecule has 0 atom stereocenters. The van der Waals surface area contributed by atoms with Crippen molar-refractivity contribution in [3.8, 4) is 5.69 Å². The second-order valence-electron chi connectivity index (χ2n) is 12.3. The monoisotopic (exact) mass is 605 g/mol. The zero-order valence-corrected chi connectivity index (χ0v) is 26.2. The Bertz CT molecular complexity index is 2340. The fraction of sp³-hybridized carbons (Fsp3) is 0.0714. The van der Waals surface area contributed by atoms with E-state index in [-0.39, 0.29) is 0 Å². The SMILES string of the molecule is Cc1ccc2c(c1)C(c1ccccc1)(c1ccccc1)c1cc(C)ccc1N2c1ccc2c(n1)c1ncccc1n2-c1cccnc1. The van der Waals surface area contributed by atoms with E-state index in [0.717, 1.165) is 44.9 Å². The molecular weight excluding hydrogens is 574 g/mol. The van der Waals surface area contributed by atoms with Crippen molar-refractivity contribution in [2.75, 3.05) is 4.90 Å². The van der Waals surface area contributed by atoms with Gasteiger partial charge in [-0.25, -0.2) is 4.98 Å². The molecule has 1 aliphatic rings. The molecule has 0 saturated heterocycles. The summed E-state index contributed by atoms with van der Waals surface area (Å²) in [4.78, 5) is 17.0. The minimum Gasteiger partial charge on any atom is -0.304 e. The summed E-state index contributed by atoms with van der Waals surface area (Å²) in [5.74, 6) is 0.846. The van der Waals surface area contributed by atoms with Crippen molar-refractivity contribution >= 4 is 39.3 Å². The van der Waals surface area contributed by atoms with Crippen molar-refractivity contribution < 1.29 is 0 Å². The van der Waals surface area contributed by atoms with Crippen LogP contribution in [0.25, 0.3) is 27.8 Å². The first-order chi connectivity index (χ1) is 23.1. The van der Waals surface area contributed by atoms with Gasteiger partial charge in [-0.15, -0.1) is 0 Å². The smallest absolute Gasteiger partial charge is 0.138 e. The van der Waals surface area contributed by atoms with Gasteiger partial charge in [-0.3, -0.25) is 14.9 Å². The van der Waals surface area contributed by atoms with Crippen molar-refractivity contribution in [3.05, 3.63) is 185 Å². The summed E-state index contributed by atoms with van der Waals surface area (Å²) in [6, 6.07) is 48.0. The number of aromatic nitrogens is 4. The maximum Gasteiger partial charge on any atom is 0.138 e. The Morgan fingerprint density at radius 3 is 1.79 bits per heavy atom. The average Bonchev–Trinajstić information content (AvgIpc) is 3.45. The number of hydrogen-bond donors (Lipinski definition) is 0. The Kier molecular flexibility index (Phi) is 6.09. The van der Waals surface area contributed by atoms with Crippen LogP contribution in [0.5, 0.6) is 0 Å². The molecule has 0 N–H and O–H groups in total. The summed E-state index contributed by atoms with van der Waals surface area (Å²) in [6.07, 6.45) is 5.52. The molecule has 0 saturated carbocycles. The Balaban J connectivity index is 1.37. The first-order valence-electron chi connectivity index (χ1n) is 15.9. The summed E-state index contributed by atoms with van der Waals surface area (Å²) in [5, 5.41) is 0. The van der Waals surface area contributed by atoms with Gasteiger partial charge >= 0.3 is 0 Å². The van der Waals surface area contributed by atoms with Gasteiger partial charge in [0.25, 0.3) is 0 Å². The maximum absolute atomic E-state index is 5.43. The largest absolute Gasteiger partial charge is 0.304 e. The van der Waals surface area contributed by atoms with Gasteiger partial charge in [0, 0.05) is 12.4 Å². The van der Waals surface area contributed by atoms with Crippen molar-refractivity contribution in [3.63, 3.8) is 0 Å². The zero-order valence-electron chi connectivity index (χ0n) is 26.2. The van der Waals surface area contributed by atoms with E-state index < -0.39 is 5.41 Å². The maximum atomic E-state index is 5.43. The third kappa shape index (κ3) is 3.99. The quantitative estimate of drug-likeness (QED) is 0.200. The molecule has 5 heterocycles. The molecule has 1 aliphatic heterocycles. The lowest BCUT2D eigenvalue weighted by Gasteiger charge is -2.46. The number of fused-ring (bicyclic) bond motifs is 5. The van der Waals surface area contributed by atoms with Crippen molar-refractivity contribution in [1.82, 2.24) is 19.5 Å². The number of pyridine rings is 3. The van der Waals surface area contributed by atoms with E-state index in [1.165, 1.54) is 33.4 Å². The van der Waals surface area contributed by atoms with Crippen LogP contribution < -0.4 is 4.90 Å². The fourth-order valence-electron chi connectivity index (χ4n) is 7.55. The molecule has 0 spiro atoms. The highest BCUT2D eigenvalue weighted by molar-refractivity contribution is 6.05. The molecule has 224 valence electrons. The van der Waals surface area contributed by atoms with E-state index >= 15 is 0 Å². The van der Waals surface area contributed by atoms with Crippen LogP contribution >= 0.6 is 0 Å². The molecule has 5 heteroatoms. The van der Waals surface area contributed by atoms with Crippen LogP contribution in [0.15, 0.2) is 152 Å². The molecule has 0 fully saturated rings. The molecule has 4 aromatic heterocycles. The van der Waals surface area contributed by atoms with Gasteiger partial charge in [-0.05, 0) is 84.6 Å². The molecule has 8 aromatic rings. The zero-order chi connectivity index (χ0) is 31.5. The van der Waals surface area contributed by atoms with Crippen LogP contribution in [-0.2, 0) is 5.41 Å². The molecule has 9 rings (SSSR count). The highest BCUT2D eigenvalue weighted by Gasteiger charge is 2.46. The highest BCUT2D eigenvalue weighted by atomic mass is 15.2. The van der Waals surface area contributed by atoms with Crippen LogP contribution in [0, 0.1) is 13.8 Å². The summed E-state index contributed by atoms with van der Waals surface area (Å²) in [6.45, 7) is 4.36. The van der Waals surface area contributed by atoms with E-state index in [2.05, 4.69) is 150 Å². The predicted octanol–water partition coefficient (Wildman–Crippen LogP) is 9.75. The minimum atomic E-state index is -0.538. The van der Waals surface area contributed by atoms with Crippen LogP contribution in [0.1, 0.15) is 33.4 Å². The van der Waals surface area contributed by atoms with Gasteiger partial charge in [-0.1, -0.05) is 96.1 Å². The van der Waals surface area contributed by atoms with Crippen molar-refractivity contribution in [2.45, 2.75) is 19.3 Å². The first-order valence-corrected chi connectivity index (χ1v) is 15.9. The average molecular weight is 606 g/mol. The first kappa shape index (κ1) is 27.3. The lowest BCUT2D eigenvalue weighted by atomic mass is 9.62. The predicted molar refractivity (Wildman–Crippen MR) is 190 cm³/mol. The minimum absolute atomic E-state index is 0.538. The molecular formula is C42H31N5. The van der Waals surface area contributed by atoms with Gasteiger partial charge in [0.05, 0.1) is 39.7 Å². The standard InChI is InChI=1S/C42H31N5/c1-28-17-19-35-33(25-28)42(30-11-5-3-6-12-30,31-13-7-4-8-14-31)34-26-29(2)18-20-36(34)47(35)39-22-21-38-41(45-39)40-37(16-10-24-44-40)46(38)32-15-9-23-43-27-32/h3-27H,1-2H3. The molecule has 0 radical (unpaired) electrons. The Morgan fingerprint density at radius 1 is 0.553 bits per heavy atom. The van der Waals surface area contributed by atoms with Crippen molar-refractivity contribution in [2.24, 2.45) is 0 Å². The summed E-state index contributed by atoms with van der Waals surface area (Å²) in [7, 11) is 0. The summed E-state index contributed by atoms with van der Waals surface area (Å²) >= 11 is 0. The highest BCUT2D eigenvalue weighted by Crippen LogP contribution is 2.57. The number of hydrogen-bond acceptors (Lipinski definition) is 4. The Hall–Kier alpha value is -6.07. The third-order valence-electron chi connectivity index (χ3n) is 9.49. The second-order valence-corrected chi connectivity index (χ2v) is 12.3.